The molecule has 0 bridgehead atoms. The molecule has 2 aliphatic heterocycles. The Labute approximate surface area is 211 Å². The molecule has 2 aromatic rings. The third-order valence-corrected chi connectivity index (χ3v) is 6.68. The monoisotopic (exact) mass is 497 g/mol. The summed E-state index contributed by atoms with van der Waals surface area (Å²) in [6, 6.07) is 7.71. The van der Waals surface area contributed by atoms with Gasteiger partial charge in [-0.3, -0.25) is 19.0 Å². The largest absolute Gasteiger partial charge is 0.459 e. The van der Waals surface area contributed by atoms with Gasteiger partial charge in [0.15, 0.2) is 5.76 Å². The summed E-state index contributed by atoms with van der Waals surface area (Å²) in [7, 11) is 0. The Balaban J connectivity index is 1.49. The summed E-state index contributed by atoms with van der Waals surface area (Å²) in [6.45, 7) is 3.87. The van der Waals surface area contributed by atoms with Crippen LogP contribution in [-0.4, -0.2) is 71.4 Å². The quantitative estimate of drug-likeness (QED) is 0.462. The van der Waals surface area contributed by atoms with Gasteiger partial charge in [0.2, 0.25) is 18.1 Å². The molecule has 2 amide bonds. The predicted molar refractivity (Wildman–Crippen MR) is 134 cm³/mol. The summed E-state index contributed by atoms with van der Waals surface area (Å²) >= 11 is 0. The summed E-state index contributed by atoms with van der Waals surface area (Å²) in [5.41, 5.74) is 1.76. The van der Waals surface area contributed by atoms with E-state index >= 15 is 0 Å². The van der Waals surface area contributed by atoms with Gasteiger partial charge in [0.05, 0.1) is 12.1 Å². The van der Waals surface area contributed by atoms with Gasteiger partial charge in [-0.05, 0) is 43.4 Å². The predicted octanol–water partition coefficient (Wildman–Crippen LogP) is 2.93. The number of carbonyl (C=O) groups is 3. The lowest BCUT2D eigenvalue weighted by Crippen LogP contribution is -2.35. The number of aliphatic hydroxyl groups excluding tert-OH is 1. The second-order valence-corrected chi connectivity index (χ2v) is 9.31. The van der Waals surface area contributed by atoms with Crippen molar-refractivity contribution < 1.29 is 29.0 Å². The van der Waals surface area contributed by atoms with E-state index in [9.17, 15) is 14.4 Å². The van der Waals surface area contributed by atoms with Crippen molar-refractivity contribution in [2.24, 2.45) is 0 Å². The van der Waals surface area contributed by atoms with E-state index in [-0.39, 0.29) is 36.0 Å². The Morgan fingerprint density at radius 3 is 2.81 bits per heavy atom. The first-order chi connectivity index (χ1) is 17.5. The van der Waals surface area contributed by atoms with Crippen LogP contribution in [0.5, 0.6) is 0 Å². The molecule has 0 unspecified atom stereocenters. The number of ether oxygens (including phenoxy) is 2. The number of likely N-dealkylation sites (tertiary alicyclic amines) is 1. The molecule has 1 saturated heterocycles. The molecule has 4 rings (SSSR count). The molecule has 9 nitrogen and oxygen atoms in total. The van der Waals surface area contributed by atoms with Crippen molar-refractivity contribution in [3.8, 4) is 0 Å². The van der Waals surface area contributed by atoms with E-state index in [4.69, 9.17) is 14.6 Å². The van der Waals surface area contributed by atoms with Crippen molar-refractivity contribution in [1.82, 2.24) is 14.8 Å². The SMILES string of the molecule is CC(=O)n1cc([C@H]2C=C(C(=O)NCCCN3CCCC3=O)O[C@@H](OCCCCO)C2)c2ccccc21. The maximum Gasteiger partial charge on any atom is 0.286 e. The van der Waals surface area contributed by atoms with Crippen LogP contribution >= 0.6 is 0 Å². The number of unbranched alkanes of at least 4 members (excludes halogenated alkanes) is 1. The molecule has 36 heavy (non-hydrogen) atoms. The van der Waals surface area contributed by atoms with Gasteiger partial charge in [-0.2, -0.15) is 0 Å². The van der Waals surface area contributed by atoms with Crippen LogP contribution in [0, 0.1) is 0 Å². The molecular formula is C27H35N3O6. The zero-order chi connectivity index (χ0) is 25.5. The van der Waals surface area contributed by atoms with Crippen molar-refractivity contribution in [1.29, 1.82) is 0 Å². The van der Waals surface area contributed by atoms with Gasteiger partial charge >= 0.3 is 0 Å². The molecule has 0 radical (unpaired) electrons. The number of aliphatic hydroxyl groups is 1. The lowest BCUT2D eigenvalue weighted by molar-refractivity contribution is -0.146. The first kappa shape index (κ1) is 25.9. The number of amides is 2. The normalized spacial score (nSPS) is 19.9. The summed E-state index contributed by atoms with van der Waals surface area (Å²) < 4.78 is 13.5. The summed E-state index contributed by atoms with van der Waals surface area (Å²) in [6.07, 6.45) is 7.00. The lowest BCUT2D eigenvalue weighted by atomic mass is 9.92. The van der Waals surface area contributed by atoms with Gasteiger partial charge in [0.25, 0.3) is 5.91 Å². The van der Waals surface area contributed by atoms with E-state index in [0.29, 0.717) is 51.8 Å². The zero-order valence-corrected chi connectivity index (χ0v) is 20.8. The van der Waals surface area contributed by atoms with E-state index in [1.54, 1.807) is 10.6 Å². The number of benzene rings is 1. The molecule has 0 saturated carbocycles. The second-order valence-electron chi connectivity index (χ2n) is 9.31. The van der Waals surface area contributed by atoms with Crippen molar-refractivity contribution in [3.05, 3.63) is 47.9 Å². The maximum absolute atomic E-state index is 13.0. The van der Waals surface area contributed by atoms with E-state index in [1.165, 1.54) is 6.92 Å². The average molecular weight is 498 g/mol. The minimum Gasteiger partial charge on any atom is -0.459 e. The highest BCUT2D eigenvalue weighted by atomic mass is 16.7. The highest BCUT2D eigenvalue weighted by Gasteiger charge is 2.30. The highest BCUT2D eigenvalue weighted by molar-refractivity contribution is 5.95. The Bertz CT molecular complexity index is 1120. The van der Waals surface area contributed by atoms with Crippen LogP contribution in [0.25, 0.3) is 10.9 Å². The highest BCUT2D eigenvalue weighted by Crippen LogP contribution is 2.36. The molecular weight excluding hydrogens is 462 g/mol. The summed E-state index contributed by atoms with van der Waals surface area (Å²) in [5.74, 6) is -0.231. The molecule has 2 aliphatic rings. The number of rotatable bonds is 11. The van der Waals surface area contributed by atoms with Crippen LogP contribution in [0.2, 0.25) is 0 Å². The fraction of sp³-hybridized carbons (Fsp3) is 0.519. The van der Waals surface area contributed by atoms with Gasteiger partial charge in [-0.1, -0.05) is 18.2 Å². The van der Waals surface area contributed by atoms with Crippen LogP contribution in [0.1, 0.15) is 61.7 Å². The number of allylic oxidation sites excluding steroid dienone is 1. The fourth-order valence-electron chi connectivity index (χ4n) is 4.83. The van der Waals surface area contributed by atoms with Crippen LogP contribution in [0.15, 0.2) is 42.3 Å². The number of fused-ring (bicyclic) bond motifs is 1. The molecule has 1 aromatic heterocycles. The molecule has 0 aliphatic carbocycles. The topological polar surface area (TPSA) is 110 Å². The van der Waals surface area contributed by atoms with Crippen LogP contribution in [0.4, 0.5) is 0 Å². The summed E-state index contributed by atoms with van der Waals surface area (Å²) in [4.78, 5) is 38.9. The van der Waals surface area contributed by atoms with Crippen LogP contribution in [0.3, 0.4) is 0 Å². The average Bonchev–Trinajstić information content (AvgIpc) is 3.47. The Hall–Kier alpha value is -3.17. The standard InChI is InChI=1S/C27H35N3O6/c1-19(32)30-18-22(21-8-2-3-9-23(21)30)20-16-24(36-26(17-20)35-15-5-4-14-31)27(34)28-11-7-13-29-12-6-10-25(29)33/h2-3,8-9,16,18,20,26,31H,4-7,10-15,17H2,1H3,(H,28,34)/t20-,26+/m0/s1. The molecule has 9 heteroatoms. The van der Waals surface area contributed by atoms with Crippen molar-refractivity contribution in [2.45, 2.75) is 57.7 Å². The molecule has 0 spiro atoms. The first-order valence-corrected chi connectivity index (χ1v) is 12.8. The lowest BCUT2D eigenvalue weighted by Gasteiger charge is -2.29. The van der Waals surface area contributed by atoms with E-state index in [1.807, 2.05) is 35.4 Å². The third-order valence-electron chi connectivity index (χ3n) is 6.68. The number of nitrogens with zero attached hydrogens (tertiary/aromatic N) is 2. The van der Waals surface area contributed by atoms with Crippen LogP contribution in [-0.2, 0) is 19.1 Å². The molecule has 2 atom stereocenters. The first-order valence-electron chi connectivity index (χ1n) is 12.8. The smallest absolute Gasteiger partial charge is 0.286 e. The Morgan fingerprint density at radius 1 is 1.22 bits per heavy atom. The summed E-state index contributed by atoms with van der Waals surface area (Å²) in [5, 5.41) is 12.9. The van der Waals surface area contributed by atoms with Crippen molar-refractivity contribution >= 4 is 28.6 Å². The number of hydrogen-bond acceptors (Lipinski definition) is 6. The van der Waals surface area contributed by atoms with Gasteiger partial charge in [-0.15, -0.1) is 0 Å². The minimum atomic E-state index is -0.624. The molecule has 194 valence electrons. The molecule has 1 fully saturated rings. The fourth-order valence-corrected chi connectivity index (χ4v) is 4.83. The molecule has 3 heterocycles. The van der Waals surface area contributed by atoms with Gasteiger partial charge in [-0.25, -0.2) is 0 Å². The van der Waals surface area contributed by atoms with E-state index in [0.717, 1.165) is 29.4 Å². The zero-order valence-electron chi connectivity index (χ0n) is 20.8. The molecule has 2 N–H and O–H groups in total. The Morgan fingerprint density at radius 2 is 2.06 bits per heavy atom. The maximum atomic E-state index is 13.0. The molecule has 1 aromatic carbocycles. The number of para-hydroxylation sites is 1. The Kier molecular flexibility index (Phi) is 8.77. The third kappa shape index (κ3) is 6.14. The van der Waals surface area contributed by atoms with E-state index < -0.39 is 6.29 Å². The number of nitrogens with one attached hydrogen (secondary N) is 1. The van der Waals surface area contributed by atoms with Crippen molar-refractivity contribution in [2.75, 3.05) is 32.8 Å². The second kappa shape index (κ2) is 12.2. The van der Waals surface area contributed by atoms with Gasteiger partial charge < -0.3 is 24.8 Å². The number of hydrogen-bond donors (Lipinski definition) is 2. The van der Waals surface area contributed by atoms with Gasteiger partial charge in [0, 0.05) is 63.5 Å². The van der Waals surface area contributed by atoms with Gasteiger partial charge in [0.1, 0.15) is 0 Å². The van der Waals surface area contributed by atoms with Crippen LogP contribution < -0.4 is 5.32 Å². The van der Waals surface area contributed by atoms with Crippen molar-refractivity contribution in [3.63, 3.8) is 0 Å². The minimum absolute atomic E-state index is 0.0836. The van der Waals surface area contributed by atoms with E-state index in [2.05, 4.69) is 5.32 Å². The number of aromatic nitrogens is 1. The number of carbonyl (C=O) groups excluding carboxylic acids is 3.